The van der Waals surface area contributed by atoms with E-state index in [1.807, 2.05) is 0 Å². The molecule has 0 rings (SSSR count). The standard InChI is InChI=1S/C57H102O6/c1-4-7-10-13-16-19-22-24-26-27-28-29-30-31-32-34-35-38-41-44-47-50-56(59)62-53-54(52-61-55(58)49-46-43-40-37-21-18-15-12-9-6-3)63-57(60)51-48-45-42-39-36-33-25-23-20-17-14-11-8-5-2/h12,14-15,17,23,25,27-28,54H,4-11,13,16,18-22,24,26,29-53H2,1-3H3/b15-12-,17-14-,25-23-,28-27-. The van der Waals surface area contributed by atoms with E-state index in [1.54, 1.807) is 0 Å². The Morgan fingerprint density at radius 2 is 0.619 bits per heavy atom. The summed E-state index contributed by atoms with van der Waals surface area (Å²) in [6.07, 6.45) is 62.5. The van der Waals surface area contributed by atoms with Crippen molar-refractivity contribution in [2.45, 2.75) is 284 Å². The lowest BCUT2D eigenvalue weighted by molar-refractivity contribution is -0.167. The Balaban J connectivity index is 4.28. The highest BCUT2D eigenvalue weighted by molar-refractivity contribution is 5.71. The second-order valence-corrected chi connectivity index (χ2v) is 18.1. The number of hydrogen-bond donors (Lipinski definition) is 0. The molecule has 0 radical (unpaired) electrons. The highest BCUT2D eigenvalue weighted by Crippen LogP contribution is 2.15. The second kappa shape index (κ2) is 52.0. The minimum Gasteiger partial charge on any atom is -0.462 e. The Hall–Kier alpha value is -2.63. The summed E-state index contributed by atoms with van der Waals surface area (Å²) in [5.41, 5.74) is 0. The smallest absolute Gasteiger partial charge is 0.306 e. The van der Waals surface area contributed by atoms with E-state index in [9.17, 15) is 14.4 Å². The fourth-order valence-corrected chi connectivity index (χ4v) is 7.63. The number of carbonyl (C=O) groups excluding carboxylic acids is 3. The van der Waals surface area contributed by atoms with Crippen LogP contribution < -0.4 is 0 Å². The maximum Gasteiger partial charge on any atom is 0.306 e. The van der Waals surface area contributed by atoms with Crippen LogP contribution in [0.1, 0.15) is 278 Å². The van der Waals surface area contributed by atoms with Gasteiger partial charge in [-0.2, -0.15) is 0 Å². The quantitative estimate of drug-likeness (QED) is 0.0262. The minimum absolute atomic E-state index is 0.0817. The summed E-state index contributed by atoms with van der Waals surface area (Å²) in [6, 6.07) is 0. The molecule has 0 N–H and O–H groups in total. The summed E-state index contributed by atoms with van der Waals surface area (Å²) in [6.45, 7) is 6.53. The molecule has 0 aromatic carbocycles. The number of carbonyl (C=O) groups is 3. The van der Waals surface area contributed by atoms with Gasteiger partial charge >= 0.3 is 17.9 Å². The predicted octanol–water partition coefficient (Wildman–Crippen LogP) is 17.9. The van der Waals surface area contributed by atoms with Crippen LogP contribution in [0.2, 0.25) is 0 Å². The van der Waals surface area contributed by atoms with Crippen molar-refractivity contribution in [2.75, 3.05) is 13.2 Å². The topological polar surface area (TPSA) is 78.9 Å². The molecule has 0 saturated carbocycles. The first kappa shape index (κ1) is 60.4. The zero-order valence-corrected chi connectivity index (χ0v) is 41.8. The van der Waals surface area contributed by atoms with E-state index in [0.29, 0.717) is 19.3 Å². The van der Waals surface area contributed by atoms with E-state index >= 15 is 0 Å². The first-order valence-electron chi connectivity index (χ1n) is 27.1. The number of hydrogen-bond acceptors (Lipinski definition) is 6. The monoisotopic (exact) mass is 883 g/mol. The van der Waals surface area contributed by atoms with Crippen LogP contribution in [-0.2, 0) is 28.6 Å². The van der Waals surface area contributed by atoms with Gasteiger partial charge in [0.2, 0.25) is 0 Å². The van der Waals surface area contributed by atoms with Crippen molar-refractivity contribution >= 4 is 17.9 Å². The van der Waals surface area contributed by atoms with Crippen molar-refractivity contribution in [1.82, 2.24) is 0 Å². The van der Waals surface area contributed by atoms with Crippen molar-refractivity contribution in [3.05, 3.63) is 48.6 Å². The Morgan fingerprint density at radius 3 is 1.00 bits per heavy atom. The van der Waals surface area contributed by atoms with Gasteiger partial charge in [-0.25, -0.2) is 0 Å². The molecule has 0 aliphatic heterocycles. The summed E-state index contributed by atoms with van der Waals surface area (Å²) in [4.78, 5) is 37.9. The molecular formula is C57H102O6. The second-order valence-electron chi connectivity index (χ2n) is 18.1. The lowest BCUT2D eigenvalue weighted by atomic mass is 10.1. The van der Waals surface area contributed by atoms with Crippen molar-refractivity contribution in [3.8, 4) is 0 Å². The predicted molar refractivity (Wildman–Crippen MR) is 270 cm³/mol. The first-order valence-corrected chi connectivity index (χ1v) is 27.1. The van der Waals surface area contributed by atoms with E-state index in [2.05, 4.69) is 69.4 Å². The van der Waals surface area contributed by atoms with E-state index in [4.69, 9.17) is 14.2 Å². The fourth-order valence-electron chi connectivity index (χ4n) is 7.63. The van der Waals surface area contributed by atoms with E-state index in [1.165, 1.54) is 141 Å². The fraction of sp³-hybridized carbons (Fsp3) is 0.807. The van der Waals surface area contributed by atoms with Crippen LogP contribution in [0.3, 0.4) is 0 Å². The van der Waals surface area contributed by atoms with Crippen LogP contribution in [0.4, 0.5) is 0 Å². The summed E-state index contributed by atoms with van der Waals surface area (Å²) in [7, 11) is 0. The van der Waals surface area contributed by atoms with Crippen LogP contribution in [0.25, 0.3) is 0 Å². The van der Waals surface area contributed by atoms with Crippen molar-refractivity contribution in [2.24, 2.45) is 0 Å². The highest BCUT2D eigenvalue weighted by atomic mass is 16.6. The zero-order chi connectivity index (χ0) is 45.8. The van der Waals surface area contributed by atoms with Gasteiger partial charge in [0, 0.05) is 19.3 Å². The molecule has 6 heteroatoms. The van der Waals surface area contributed by atoms with Crippen LogP contribution in [-0.4, -0.2) is 37.2 Å². The molecule has 6 nitrogen and oxygen atoms in total. The highest BCUT2D eigenvalue weighted by Gasteiger charge is 2.19. The average Bonchev–Trinajstić information content (AvgIpc) is 3.28. The Kier molecular flexibility index (Phi) is 49.8. The Morgan fingerprint density at radius 1 is 0.317 bits per heavy atom. The lowest BCUT2D eigenvalue weighted by Crippen LogP contribution is -2.30. The zero-order valence-electron chi connectivity index (χ0n) is 41.8. The molecule has 0 aliphatic rings. The van der Waals surface area contributed by atoms with Gasteiger partial charge in [0.1, 0.15) is 13.2 Å². The van der Waals surface area contributed by atoms with Gasteiger partial charge in [-0.15, -0.1) is 0 Å². The van der Waals surface area contributed by atoms with Gasteiger partial charge in [0.15, 0.2) is 6.10 Å². The van der Waals surface area contributed by atoms with Gasteiger partial charge in [0.05, 0.1) is 0 Å². The van der Waals surface area contributed by atoms with Crippen molar-refractivity contribution in [3.63, 3.8) is 0 Å². The van der Waals surface area contributed by atoms with E-state index < -0.39 is 6.10 Å². The molecule has 0 fully saturated rings. The molecule has 1 unspecified atom stereocenters. The molecule has 0 spiro atoms. The van der Waals surface area contributed by atoms with Crippen molar-refractivity contribution < 1.29 is 28.6 Å². The minimum atomic E-state index is -0.782. The molecule has 0 aromatic heterocycles. The third-order valence-corrected chi connectivity index (χ3v) is 11.8. The Bertz CT molecular complexity index is 1110. The molecule has 0 aliphatic carbocycles. The number of rotatable bonds is 49. The third kappa shape index (κ3) is 50.2. The number of esters is 3. The Labute approximate surface area is 390 Å². The van der Waals surface area contributed by atoms with Crippen LogP contribution in [0.5, 0.6) is 0 Å². The molecule has 1 atom stereocenters. The maximum atomic E-state index is 12.8. The van der Waals surface area contributed by atoms with Gasteiger partial charge in [0.25, 0.3) is 0 Å². The number of unbranched alkanes of at least 4 members (excludes halogenated alkanes) is 30. The molecule has 366 valence electrons. The lowest BCUT2D eigenvalue weighted by Gasteiger charge is -2.18. The molecule has 0 saturated heterocycles. The van der Waals surface area contributed by atoms with Crippen LogP contribution in [0, 0.1) is 0 Å². The molecule has 0 aromatic rings. The SMILES string of the molecule is CCC/C=C\CCCCCCCC(=O)OCC(COC(=O)CCCCCCCCCCC/C=C\CCCCCCCCCC)OC(=O)CCCCCCC/C=C\C/C=C\CCCC. The third-order valence-electron chi connectivity index (χ3n) is 11.8. The van der Waals surface area contributed by atoms with Crippen molar-refractivity contribution in [1.29, 1.82) is 0 Å². The number of ether oxygens (including phenoxy) is 3. The molecular weight excluding hydrogens is 781 g/mol. The van der Waals surface area contributed by atoms with E-state index in [-0.39, 0.29) is 31.1 Å². The summed E-state index contributed by atoms with van der Waals surface area (Å²) < 4.78 is 16.8. The van der Waals surface area contributed by atoms with Gasteiger partial charge < -0.3 is 14.2 Å². The molecule has 0 heterocycles. The summed E-state index contributed by atoms with van der Waals surface area (Å²) in [5, 5.41) is 0. The first-order chi connectivity index (χ1) is 31.0. The summed E-state index contributed by atoms with van der Waals surface area (Å²) in [5.74, 6) is -0.902. The maximum absolute atomic E-state index is 12.8. The normalized spacial score (nSPS) is 12.4. The van der Waals surface area contributed by atoms with Gasteiger partial charge in [-0.05, 0) is 89.9 Å². The largest absolute Gasteiger partial charge is 0.462 e. The molecule has 0 bridgehead atoms. The van der Waals surface area contributed by atoms with Crippen LogP contribution >= 0.6 is 0 Å². The molecule has 0 amide bonds. The average molecular weight is 883 g/mol. The van der Waals surface area contributed by atoms with Gasteiger partial charge in [-0.3, -0.25) is 14.4 Å². The number of allylic oxidation sites excluding steroid dienone is 8. The molecule has 63 heavy (non-hydrogen) atoms. The summed E-state index contributed by atoms with van der Waals surface area (Å²) >= 11 is 0. The van der Waals surface area contributed by atoms with E-state index in [0.717, 1.165) is 96.3 Å². The van der Waals surface area contributed by atoms with Gasteiger partial charge in [-0.1, -0.05) is 217 Å². The van der Waals surface area contributed by atoms with Crippen LogP contribution in [0.15, 0.2) is 48.6 Å².